The highest BCUT2D eigenvalue weighted by Gasteiger charge is 2.10. The smallest absolute Gasteiger partial charge is 0.321 e. The largest absolute Gasteiger partial charge is 0.480 e. The first-order valence-electron chi connectivity index (χ1n) is 5.64. The Morgan fingerprint density at radius 2 is 2.17 bits per heavy atom. The van der Waals surface area contributed by atoms with E-state index in [1.54, 1.807) is 12.1 Å². The Labute approximate surface area is 105 Å². The van der Waals surface area contributed by atoms with Crippen LogP contribution in [0.2, 0.25) is 0 Å². The van der Waals surface area contributed by atoms with Crippen molar-refractivity contribution < 1.29 is 9.26 Å². The van der Waals surface area contributed by atoms with E-state index in [4.69, 9.17) is 9.26 Å². The van der Waals surface area contributed by atoms with Crippen LogP contribution in [0.4, 0.5) is 6.01 Å². The fourth-order valence-electron chi connectivity index (χ4n) is 1.24. The van der Waals surface area contributed by atoms with Crippen molar-refractivity contribution in [2.24, 2.45) is 5.92 Å². The Hall–Kier alpha value is -2.18. The zero-order valence-electron chi connectivity index (χ0n) is 10.5. The Kier molecular flexibility index (Phi) is 3.71. The molecule has 0 amide bonds. The number of aromatic nitrogens is 4. The second kappa shape index (κ2) is 5.44. The van der Waals surface area contributed by atoms with Gasteiger partial charge in [-0.25, -0.2) is 0 Å². The molecule has 0 saturated heterocycles. The minimum atomic E-state index is 0.385. The van der Waals surface area contributed by atoms with E-state index in [2.05, 4.69) is 39.5 Å². The topological polar surface area (TPSA) is 86.0 Å². The average molecular weight is 249 g/mol. The number of rotatable bonds is 5. The van der Waals surface area contributed by atoms with E-state index in [9.17, 15) is 0 Å². The van der Waals surface area contributed by atoms with Crippen LogP contribution in [0.15, 0.2) is 16.7 Å². The molecule has 0 atom stereocenters. The standard InChI is InChI=1S/C11H15N5O2/c1-7(2)6-12-11-13-10(16-18-11)8-4-5-9(17-3)15-14-8/h4-5,7H,6H2,1-3H3,(H,12,13,16). The van der Waals surface area contributed by atoms with Crippen molar-refractivity contribution in [1.82, 2.24) is 20.3 Å². The van der Waals surface area contributed by atoms with Gasteiger partial charge in [-0.2, -0.15) is 4.98 Å². The molecule has 0 bridgehead atoms. The molecular formula is C11H15N5O2. The van der Waals surface area contributed by atoms with Crippen molar-refractivity contribution in [3.05, 3.63) is 12.1 Å². The second-order valence-corrected chi connectivity index (χ2v) is 4.16. The van der Waals surface area contributed by atoms with Gasteiger partial charge >= 0.3 is 6.01 Å². The Bertz CT molecular complexity index is 494. The molecule has 1 N–H and O–H groups in total. The number of anilines is 1. The molecule has 96 valence electrons. The summed E-state index contributed by atoms with van der Waals surface area (Å²) in [6.45, 7) is 4.97. The molecule has 2 heterocycles. The van der Waals surface area contributed by atoms with Crippen molar-refractivity contribution >= 4 is 6.01 Å². The highest BCUT2D eigenvalue weighted by Crippen LogP contribution is 2.16. The number of methoxy groups -OCH3 is 1. The molecule has 0 aliphatic heterocycles. The summed E-state index contributed by atoms with van der Waals surface area (Å²) in [5.74, 6) is 1.35. The van der Waals surface area contributed by atoms with Gasteiger partial charge in [0.1, 0.15) is 5.69 Å². The lowest BCUT2D eigenvalue weighted by atomic mass is 10.2. The average Bonchev–Trinajstić information content (AvgIpc) is 2.85. The van der Waals surface area contributed by atoms with Gasteiger partial charge in [0.15, 0.2) is 0 Å². The summed E-state index contributed by atoms with van der Waals surface area (Å²) in [6.07, 6.45) is 0. The number of ether oxygens (including phenoxy) is 1. The fourth-order valence-corrected chi connectivity index (χ4v) is 1.24. The number of nitrogens with one attached hydrogen (secondary N) is 1. The highest BCUT2D eigenvalue weighted by molar-refractivity contribution is 5.49. The third-order valence-electron chi connectivity index (χ3n) is 2.17. The van der Waals surface area contributed by atoms with Gasteiger partial charge in [0.25, 0.3) is 0 Å². The molecule has 18 heavy (non-hydrogen) atoms. The molecule has 0 aliphatic carbocycles. The molecule has 0 aromatic carbocycles. The number of hydrogen-bond donors (Lipinski definition) is 1. The van der Waals surface area contributed by atoms with E-state index in [1.165, 1.54) is 7.11 Å². The van der Waals surface area contributed by atoms with E-state index in [1.807, 2.05) is 0 Å². The molecule has 2 aromatic rings. The predicted octanol–water partition coefficient (Wildman–Crippen LogP) is 1.60. The van der Waals surface area contributed by atoms with Crippen LogP contribution in [0, 0.1) is 5.92 Å². The van der Waals surface area contributed by atoms with Crippen LogP contribution >= 0.6 is 0 Å². The van der Waals surface area contributed by atoms with Crippen molar-refractivity contribution in [3.8, 4) is 17.4 Å². The van der Waals surface area contributed by atoms with Crippen molar-refractivity contribution in [2.75, 3.05) is 19.0 Å². The van der Waals surface area contributed by atoms with Gasteiger partial charge in [0.2, 0.25) is 11.7 Å². The predicted molar refractivity (Wildman–Crippen MR) is 65.2 cm³/mol. The van der Waals surface area contributed by atoms with E-state index >= 15 is 0 Å². The maximum atomic E-state index is 5.05. The molecule has 0 unspecified atom stereocenters. The van der Waals surface area contributed by atoms with Gasteiger partial charge in [-0.1, -0.05) is 19.0 Å². The summed E-state index contributed by atoms with van der Waals surface area (Å²) in [5.41, 5.74) is 0.539. The number of hydrogen-bond acceptors (Lipinski definition) is 7. The van der Waals surface area contributed by atoms with Gasteiger partial charge in [0.05, 0.1) is 7.11 Å². The first-order valence-corrected chi connectivity index (χ1v) is 5.64. The molecule has 0 fully saturated rings. The lowest BCUT2D eigenvalue weighted by Crippen LogP contribution is -2.07. The summed E-state index contributed by atoms with van der Waals surface area (Å²) in [6, 6.07) is 3.80. The van der Waals surface area contributed by atoms with Gasteiger partial charge < -0.3 is 14.6 Å². The molecular weight excluding hydrogens is 234 g/mol. The molecule has 0 radical (unpaired) electrons. The zero-order valence-corrected chi connectivity index (χ0v) is 10.5. The number of nitrogens with zero attached hydrogens (tertiary/aromatic N) is 4. The van der Waals surface area contributed by atoms with Gasteiger partial charge in [0, 0.05) is 12.6 Å². The van der Waals surface area contributed by atoms with Crippen LogP contribution in [0.3, 0.4) is 0 Å². The van der Waals surface area contributed by atoms with Crippen LogP contribution in [0.1, 0.15) is 13.8 Å². The summed E-state index contributed by atoms with van der Waals surface area (Å²) >= 11 is 0. The summed E-state index contributed by atoms with van der Waals surface area (Å²) < 4.78 is 9.98. The Morgan fingerprint density at radius 3 is 2.78 bits per heavy atom. The normalized spacial score (nSPS) is 10.7. The van der Waals surface area contributed by atoms with E-state index < -0.39 is 0 Å². The van der Waals surface area contributed by atoms with Crippen LogP contribution in [0.25, 0.3) is 11.5 Å². The van der Waals surface area contributed by atoms with Crippen LogP contribution in [-0.4, -0.2) is 34.0 Å². The Balaban J connectivity index is 2.08. The zero-order chi connectivity index (χ0) is 13.0. The van der Waals surface area contributed by atoms with Gasteiger partial charge in [-0.3, -0.25) is 0 Å². The lowest BCUT2D eigenvalue weighted by Gasteiger charge is -2.02. The Morgan fingerprint density at radius 1 is 1.33 bits per heavy atom. The third-order valence-corrected chi connectivity index (χ3v) is 2.17. The minimum absolute atomic E-state index is 0.385. The van der Waals surface area contributed by atoms with Gasteiger partial charge in [-0.15, -0.1) is 10.2 Å². The summed E-state index contributed by atoms with van der Waals surface area (Å²) in [7, 11) is 1.53. The van der Waals surface area contributed by atoms with Crippen molar-refractivity contribution in [2.45, 2.75) is 13.8 Å². The van der Waals surface area contributed by atoms with Gasteiger partial charge in [-0.05, 0) is 12.0 Å². The van der Waals surface area contributed by atoms with E-state index in [-0.39, 0.29) is 0 Å². The quantitative estimate of drug-likeness (QED) is 0.861. The lowest BCUT2D eigenvalue weighted by molar-refractivity contribution is 0.392. The minimum Gasteiger partial charge on any atom is -0.480 e. The molecule has 0 spiro atoms. The fraction of sp³-hybridized carbons (Fsp3) is 0.455. The monoisotopic (exact) mass is 249 g/mol. The molecule has 7 heteroatoms. The summed E-state index contributed by atoms with van der Waals surface area (Å²) in [4.78, 5) is 4.18. The van der Waals surface area contributed by atoms with Crippen molar-refractivity contribution in [1.29, 1.82) is 0 Å². The molecule has 2 aromatic heterocycles. The first kappa shape index (κ1) is 12.3. The maximum absolute atomic E-state index is 5.05. The van der Waals surface area contributed by atoms with E-state index in [0.29, 0.717) is 29.3 Å². The molecule has 2 rings (SSSR count). The molecule has 0 saturated carbocycles. The highest BCUT2D eigenvalue weighted by atomic mass is 16.5. The first-order chi connectivity index (χ1) is 8.69. The summed E-state index contributed by atoms with van der Waals surface area (Å²) in [5, 5.41) is 14.7. The third kappa shape index (κ3) is 2.93. The molecule has 0 aliphatic rings. The van der Waals surface area contributed by atoms with Crippen molar-refractivity contribution in [3.63, 3.8) is 0 Å². The SMILES string of the molecule is COc1ccc(-c2noc(NCC(C)C)n2)nn1. The van der Waals surface area contributed by atoms with Crippen LogP contribution < -0.4 is 10.1 Å². The van der Waals surface area contributed by atoms with Crippen LogP contribution in [0.5, 0.6) is 5.88 Å². The maximum Gasteiger partial charge on any atom is 0.321 e. The second-order valence-electron chi connectivity index (χ2n) is 4.16. The van der Waals surface area contributed by atoms with Crippen LogP contribution in [-0.2, 0) is 0 Å². The van der Waals surface area contributed by atoms with E-state index in [0.717, 1.165) is 6.54 Å². The molecule has 7 nitrogen and oxygen atoms in total.